The largest absolute Gasteiger partial charge is 0.370 e. The summed E-state index contributed by atoms with van der Waals surface area (Å²) in [6.07, 6.45) is 6.35. The molecular formula is C12H18N6. The fourth-order valence-corrected chi connectivity index (χ4v) is 1.55. The minimum absolute atomic E-state index is 0.778. The van der Waals surface area contributed by atoms with Crippen molar-refractivity contribution in [2.24, 2.45) is 0 Å². The number of hydrogen-bond donors (Lipinski definition) is 4. The van der Waals surface area contributed by atoms with Crippen LogP contribution < -0.4 is 16.0 Å². The zero-order chi connectivity index (χ0) is 12.6. The molecule has 0 aliphatic heterocycles. The first kappa shape index (κ1) is 12.4. The predicted molar refractivity (Wildman–Crippen MR) is 73.1 cm³/mol. The number of H-pyrrole nitrogens is 1. The molecule has 0 aromatic carbocycles. The number of aromatic nitrogens is 3. The van der Waals surface area contributed by atoms with Crippen LogP contribution >= 0.6 is 0 Å². The van der Waals surface area contributed by atoms with Crippen molar-refractivity contribution in [3.63, 3.8) is 0 Å². The summed E-state index contributed by atoms with van der Waals surface area (Å²) in [5.74, 6) is 1.61. The van der Waals surface area contributed by atoms with Gasteiger partial charge in [0, 0.05) is 25.0 Å². The average Bonchev–Trinajstić information content (AvgIpc) is 2.88. The normalized spacial score (nSPS) is 10.3. The highest BCUT2D eigenvalue weighted by Gasteiger charge is 1.99. The summed E-state index contributed by atoms with van der Waals surface area (Å²) >= 11 is 0. The summed E-state index contributed by atoms with van der Waals surface area (Å²) in [5, 5.41) is 9.56. The third-order valence-electron chi connectivity index (χ3n) is 2.45. The number of nitrogens with one attached hydrogen (secondary N) is 4. The van der Waals surface area contributed by atoms with Crippen LogP contribution in [0.4, 0.5) is 17.3 Å². The van der Waals surface area contributed by atoms with Gasteiger partial charge in [0.2, 0.25) is 0 Å². The molecule has 2 rings (SSSR count). The van der Waals surface area contributed by atoms with Crippen LogP contribution in [0.15, 0.2) is 30.9 Å². The standard InChI is InChI=1S/C12H18N6/c1-13-4-2-5-15-11-7-12(17-9-16-11)18-10-3-6-14-8-10/h3,6-9,13-14H,2,4-5H2,1H3,(H2,15,16,17,18). The molecule has 2 aromatic rings. The summed E-state index contributed by atoms with van der Waals surface area (Å²) in [5.41, 5.74) is 0.981. The van der Waals surface area contributed by atoms with Gasteiger partial charge in [-0.05, 0) is 26.1 Å². The van der Waals surface area contributed by atoms with Gasteiger partial charge in [0.05, 0.1) is 5.69 Å². The first-order valence-electron chi connectivity index (χ1n) is 5.99. The molecule has 0 aliphatic rings. The van der Waals surface area contributed by atoms with E-state index in [2.05, 4.69) is 30.9 Å². The second kappa shape index (κ2) is 6.61. The Bertz CT molecular complexity index is 453. The Balaban J connectivity index is 1.88. The Morgan fingerprint density at radius 1 is 1.22 bits per heavy atom. The fourth-order valence-electron chi connectivity index (χ4n) is 1.55. The smallest absolute Gasteiger partial charge is 0.135 e. The van der Waals surface area contributed by atoms with Crippen molar-refractivity contribution < 1.29 is 0 Å². The first-order valence-corrected chi connectivity index (χ1v) is 5.99. The molecule has 96 valence electrons. The van der Waals surface area contributed by atoms with E-state index in [0.29, 0.717) is 0 Å². The molecule has 0 spiro atoms. The number of nitrogens with zero attached hydrogens (tertiary/aromatic N) is 2. The van der Waals surface area contributed by atoms with Crippen LogP contribution in [0.25, 0.3) is 0 Å². The summed E-state index contributed by atoms with van der Waals surface area (Å²) in [4.78, 5) is 11.3. The Kier molecular flexibility index (Phi) is 4.54. The summed E-state index contributed by atoms with van der Waals surface area (Å²) in [6, 6.07) is 3.84. The number of aromatic amines is 1. The lowest BCUT2D eigenvalue weighted by Gasteiger charge is -2.07. The van der Waals surface area contributed by atoms with E-state index in [-0.39, 0.29) is 0 Å². The third-order valence-corrected chi connectivity index (χ3v) is 2.45. The van der Waals surface area contributed by atoms with Gasteiger partial charge in [0.1, 0.15) is 18.0 Å². The second-order valence-electron chi connectivity index (χ2n) is 3.90. The van der Waals surface area contributed by atoms with E-state index in [1.165, 1.54) is 0 Å². The van der Waals surface area contributed by atoms with E-state index in [9.17, 15) is 0 Å². The van der Waals surface area contributed by atoms with Gasteiger partial charge in [0.25, 0.3) is 0 Å². The average molecular weight is 246 g/mol. The molecule has 2 aromatic heterocycles. The number of anilines is 3. The van der Waals surface area contributed by atoms with Crippen LogP contribution in [0.2, 0.25) is 0 Å². The van der Waals surface area contributed by atoms with E-state index in [1.54, 1.807) is 6.33 Å². The van der Waals surface area contributed by atoms with E-state index in [0.717, 1.165) is 36.8 Å². The number of rotatable bonds is 7. The minimum atomic E-state index is 0.778. The van der Waals surface area contributed by atoms with Gasteiger partial charge in [-0.2, -0.15) is 0 Å². The van der Waals surface area contributed by atoms with E-state index in [1.807, 2.05) is 31.6 Å². The molecule has 0 amide bonds. The molecule has 0 aliphatic carbocycles. The van der Waals surface area contributed by atoms with E-state index < -0.39 is 0 Å². The third kappa shape index (κ3) is 3.74. The van der Waals surface area contributed by atoms with Crippen molar-refractivity contribution in [2.45, 2.75) is 6.42 Å². The molecule has 4 N–H and O–H groups in total. The van der Waals surface area contributed by atoms with Crippen LogP contribution in [0, 0.1) is 0 Å². The maximum absolute atomic E-state index is 4.18. The lowest BCUT2D eigenvalue weighted by molar-refractivity contribution is 0.746. The van der Waals surface area contributed by atoms with Crippen molar-refractivity contribution in [1.29, 1.82) is 0 Å². The predicted octanol–water partition coefficient (Wildman–Crippen LogP) is 1.57. The van der Waals surface area contributed by atoms with E-state index >= 15 is 0 Å². The molecule has 6 nitrogen and oxygen atoms in total. The fraction of sp³-hybridized carbons (Fsp3) is 0.333. The Hall–Kier alpha value is -2.08. The molecule has 0 saturated carbocycles. The molecule has 0 atom stereocenters. The molecule has 2 heterocycles. The maximum atomic E-state index is 4.18. The topological polar surface area (TPSA) is 77.7 Å². The van der Waals surface area contributed by atoms with Crippen LogP contribution in [-0.2, 0) is 0 Å². The highest BCUT2D eigenvalue weighted by molar-refractivity contribution is 5.57. The molecular weight excluding hydrogens is 228 g/mol. The molecule has 0 saturated heterocycles. The van der Waals surface area contributed by atoms with Crippen LogP contribution in [0.5, 0.6) is 0 Å². The van der Waals surface area contributed by atoms with Crippen molar-refractivity contribution >= 4 is 17.3 Å². The Morgan fingerprint density at radius 3 is 2.89 bits per heavy atom. The lowest BCUT2D eigenvalue weighted by Crippen LogP contribution is -2.13. The van der Waals surface area contributed by atoms with Gasteiger partial charge >= 0.3 is 0 Å². The van der Waals surface area contributed by atoms with Crippen LogP contribution in [0.1, 0.15) is 6.42 Å². The SMILES string of the molecule is CNCCCNc1cc(Nc2cc[nH]c2)ncn1. The van der Waals surface area contributed by atoms with Gasteiger partial charge < -0.3 is 20.9 Å². The summed E-state index contributed by atoms with van der Waals surface area (Å²) < 4.78 is 0. The van der Waals surface area contributed by atoms with Crippen LogP contribution in [0.3, 0.4) is 0 Å². The molecule has 18 heavy (non-hydrogen) atoms. The van der Waals surface area contributed by atoms with Gasteiger partial charge in [0.15, 0.2) is 0 Å². The number of hydrogen-bond acceptors (Lipinski definition) is 5. The van der Waals surface area contributed by atoms with Crippen molar-refractivity contribution in [1.82, 2.24) is 20.3 Å². The first-order chi connectivity index (χ1) is 8.88. The Labute approximate surface area is 106 Å². The maximum Gasteiger partial charge on any atom is 0.135 e. The molecule has 0 bridgehead atoms. The highest BCUT2D eigenvalue weighted by Crippen LogP contribution is 2.14. The lowest BCUT2D eigenvalue weighted by atomic mass is 10.4. The molecule has 6 heteroatoms. The molecule has 0 fully saturated rings. The van der Waals surface area contributed by atoms with Gasteiger partial charge in [-0.25, -0.2) is 9.97 Å². The monoisotopic (exact) mass is 246 g/mol. The Morgan fingerprint density at radius 2 is 2.11 bits per heavy atom. The molecule has 0 unspecified atom stereocenters. The van der Waals surface area contributed by atoms with Crippen molar-refractivity contribution in [3.8, 4) is 0 Å². The quantitative estimate of drug-likeness (QED) is 0.558. The highest BCUT2D eigenvalue weighted by atomic mass is 15.1. The molecule has 0 radical (unpaired) electrons. The summed E-state index contributed by atoms with van der Waals surface area (Å²) in [7, 11) is 1.95. The van der Waals surface area contributed by atoms with Crippen molar-refractivity contribution in [2.75, 3.05) is 30.8 Å². The minimum Gasteiger partial charge on any atom is -0.370 e. The second-order valence-corrected chi connectivity index (χ2v) is 3.90. The van der Waals surface area contributed by atoms with Crippen molar-refractivity contribution in [3.05, 3.63) is 30.9 Å². The van der Waals surface area contributed by atoms with Gasteiger partial charge in [-0.3, -0.25) is 0 Å². The zero-order valence-electron chi connectivity index (χ0n) is 10.4. The van der Waals surface area contributed by atoms with E-state index in [4.69, 9.17) is 0 Å². The summed E-state index contributed by atoms with van der Waals surface area (Å²) in [6.45, 7) is 1.88. The van der Waals surface area contributed by atoms with Gasteiger partial charge in [-0.1, -0.05) is 0 Å². The van der Waals surface area contributed by atoms with Gasteiger partial charge in [-0.15, -0.1) is 0 Å². The van der Waals surface area contributed by atoms with Crippen LogP contribution in [-0.4, -0.2) is 35.1 Å². The zero-order valence-corrected chi connectivity index (χ0v) is 10.4.